The molecular weight excluding hydrogens is 998 g/mol. The van der Waals surface area contributed by atoms with Gasteiger partial charge in [-0.2, -0.15) is 0 Å². The van der Waals surface area contributed by atoms with Gasteiger partial charge in [-0.1, -0.05) is 168 Å². The SMILES string of the molecule is [2H]C1(c2ccccc2)CCC([2H])(c2ccc(-c3ccnc(-c4[c-]c(-c5cccc6c5nc(-c5cc(C(C)(C)C)ccc5O)n6-c5ccc(C(C)(C)C)cc5-c5ccccc5)ccc4)c3)cc2)CC1.[Pt]. The zero-order chi connectivity index (χ0) is 47.4. The Balaban J connectivity index is 0.00000593. The minimum absolute atomic E-state index is 0. The summed E-state index contributed by atoms with van der Waals surface area (Å²) >= 11 is 0. The van der Waals surface area contributed by atoms with Crippen LogP contribution in [0.5, 0.6) is 5.75 Å². The van der Waals surface area contributed by atoms with Crippen molar-refractivity contribution < 1.29 is 28.9 Å². The van der Waals surface area contributed by atoms with Crippen molar-refractivity contribution in [1.29, 1.82) is 0 Å². The molecule has 0 bridgehead atoms. The van der Waals surface area contributed by atoms with Gasteiger partial charge in [-0.3, -0.25) is 9.55 Å². The molecule has 0 spiro atoms. The zero-order valence-corrected chi connectivity index (χ0v) is 41.4. The van der Waals surface area contributed by atoms with Crippen LogP contribution < -0.4 is 0 Å². The smallest absolute Gasteiger partial charge is 0.148 e. The summed E-state index contributed by atoms with van der Waals surface area (Å²) < 4.78 is 20.9. The van der Waals surface area contributed by atoms with Crippen LogP contribution in [0.3, 0.4) is 0 Å². The molecule has 1 saturated carbocycles. The number of para-hydroxylation sites is 1. The standard InChI is InChI=1S/C62H58N3O.Pt/c1-61(2,3)50-31-33-56(53(39-50)46-17-11-8-12-18-46)65-57-22-14-21-52(59(57)64-60(65)54-40-51(62(4,5)6)32-34-58(54)66)48-19-13-20-49(37-48)55-38-47(35-36-63-55)45-29-27-44(28-30-45)43-25-23-42(24-26-43)41-15-9-7-10-16-41;/h7-22,27-36,38-40,42-43,66H,23-26H2,1-6H3;/q-1;/i42D,43D;. The Morgan fingerprint density at radius 2 is 1.15 bits per heavy atom. The monoisotopic (exact) mass is 1060 g/mol. The summed E-state index contributed by atoms with van der Waals surface area (Å²) in [6.07, 6.45) is 4.48. The van der Waals surface area contributed by atoms with Crippen molar-refractivity contribution in [3.05, 3.63) is 204 Å². The molecule has 7 aromatic carbocycles. The third kappa shape index (κ3) is 9.34. The summed E-state index contributed by atoms with van der Waals surface area (Å²) in [6, 6.07) is 62.1. The molecule has 0 atom stereocenters. The number of nitrogens with zero attached hydrogens (tertiary/aromatic N) is 3. The second-order valence-electron chi connectivity index (χ2n) is 19.8. The van der Waals surface area contributed by atoms with Crippen LogP contribution in [0.25, 0.3) is 72.7 Å². The number of rotatable bonds is 8. The molecule has 2 aromatic heterocycles. The molecule has 0 saturated heterocycles. The molecule has 1 aliphatic carbocycles. The Bertz CT molecular complexity index is 3290. The summed E-state index contributed by atoms with van der Waals surface area (Å²) in [5, 5.41) is 11.7. The molecule has 1 N–H and O–H groups in total. The number of fused-ring (bicyclic) bond motifs is 1. The van der Waals surface area contributed by atoms with Crippen LogP contribution in [0.4, 0.5) is 0 Å². The quantitative estimate of drug-likeness (QED) is 0.154. The summed E-state index contributed by atoms with van der Waals surface area (Å²) in [5.41, 5.74) is 15.3. The van der Waals surface area contributed by atoms with Crippen molar-refractivity contribution in [2.24, 2.45) is 0 Å². The molecule has 1 fully saturated rings. The van der Waals surface area contributed by atoms with Gasteiger partial charge < -0.3 is 5.11 Å². The topological polar surface area (TPSA) is 50.9 Å². The van der Waals surface area contributed by atoms with E-state index in [-0.39, 0.29) is 37.6 Å². The van der Waals surface area contributed by atoms with Gasteiger partial charge in [0, 0.05) is 41.3 Å². The molecular formula is C62H58N3OPt-. The number of imidazole rings is 1. The average Bonchev–Trinajstić information content (AvgIpc) is 3.74. The molecule has 1 aliphatic rings. The van der Waals surface area contributed by atoms with E-state index in [4.69, 9.17) is 9.97 Å². The Hall–Kier alpha value is -6.35. The second kappa shape index (κ2) is 18.7. The molecule has 0 radical (unpaired) electrons. The maximum absolute atomic E-state index is 11.7. The fourth-order valence-corrected chi connectivity index (χ4v) is 9.51. The molecule has 9 aromatic rings. The third-order valence-electron chi connectivity index (χ3n) is 13.4. The summed E-state index contributed by atoms with van der Waals surface area (Å²) in [5.74, 6) is -0.526. The summed E-state index contributed by atoms with van der Waals surface area (Å²) in [6.45, 7) is 13.3. The largest absolute Gasteiger partial charge is 0.507 e. The van der Waals surface area contributed by atoms with E-state index >= 15 is 0 Å². The van der Waals surface area contributed by atoms with Crippen LogP contribution in [0.2, 0.25) is 0 Å². The van der Waals surface area contributed by atoms with Crippen LogP contribution in [-0.2, 0) is 31.9 Å². The number of aromatic hydroxyl groups is 1. The Kier molecular flexibility index (Phi) is 12.1. The number of benzene rings is 7. The van der Waals surface area contributed by atoms with Gasteiger partial charge in [-0.05, 0) is 124 Å². The van der Waals surface area contributed by atoms with E-state index in [9.17, 15) is 7.85 Å². The van der Waals surface area contributed by atoms with Crippen molar-refractivity contribution in [1.82, 2.24) is 14.5 Å². The zero-order valence-electron chi connectivity index (χ0n) is 41.2. The third-order valence-corrected chi connectivity index (χ3v) is 13.4. The number of pyridine rings is 1. The fraction of sp³-hybridized carbons (Fsp3) is 0.226. The van der Waals surface area contributed by atoms with Crippen LogP contribution in [0.15, 0.2) is 176 Å². The number of aromatic nitrogens is 3. The van der Waals surface area contributed by atoms with Crippen LogP contribution in [0.1, 0.15) is 104 Å². The molecule has 5 heteroatoms. The van der Waals surface area contributed by atoms with Crippen molar-refractivity contribution in [3.8, 4) is 67.5 Å². The molecule has 67 heavy (non-hydrogen) atoms. The Morgan fingerprint density at radius 1 is 0.552 bits per heavy atom. The summed E-state index contributed by atoms with van der Waals surface area (Å²) in [4.78, 5) is 10.3. The van der Waals surface area contributed by atoms with E-state index in [1.807, 2.05) is 42.6 Å². The average molecular weight is 1060 g/mol. The number of phenolic OH excluding ortho intramolecular Hbond substituents is 1. The van der Waals surface area contributed by atoms with E-state index in [2.05, 4.69) is 180 Å². The van der Waals surface area contributed by atoms with E-state index in [1.54, 1.807) is 6.07 Å². The first-order chi connectivity index (χ1) is 32.6. The van der Waals surface area contributed by atoms with Gasteiger partial charge >= 0.3 is 0 Å². The normalized spacial score (nSPS) is 17.9. The van der Waals surface area contributed by atoms with Gasteiger partial charge in [0.1, 0.15) is 11.6 Å². The molecule has 338 valence electrons. The van der Waals surface area contributed by atoms with Crippen LogP contribution in [-0.4, -0.2) is 19.6 Å². The molecule has 2 heterocycles. The van der Waals surface area contributed by atoms with Crippen LogP contribution >= 0.6 is 0 Å². The van der Waals surface area contributed by atoms with Crippen molar-refractivity contribution in [2.75, 3.05) is 0 Å². The van der Waals surface area contributed by atoms with Gasteiger partial charge in [-0.15, -0.1) is 29.8 Å². The van der Waals surface area contributed by atoms with Gasteiger partial charge in [0.15, 0.2) is 0 Å². The van der Waals surface area contributed by atoms with Crippen LogP contribution in [0, 0.1) is 6.07 Å². The fourth-order valence-electron chi connectivity index (χ4n) is 9.51. The molecule has 0 aliphatic heterocycles. The molecule has 0 amide bonds. The van der Waals surface area contributed by atoms with Gasteiger partial charge in [-0.25, -0.2) is 4.98 Å². The first kappa shape index (κ1) is 43.2. The van der Waals surface area contributed by atoms with E-state index < -0.39 is 11.8 Å². The van der Waals surface area contributed by atoms with E-state index in [0.29, 0.717) is 37.1 Å². The maximum atomic E-state index is 11.7. The summed E-state index contributed by atoms with van der Waals surface area (Å²) in [7, 11) is 0. The minimum Gasteiger partial charge on any atom is -0.507 e. The maximum Gasteiger partial charge on any atom is 0.148 e. The van der Waals surface area contributed by atoms with E-state index in [1.165, 1.54) is 5.56 Å². The first-order valence-electron chi connectivity index (χ1n) is 24.3. The molecule has 10 rings (SSSR count). The van der Waals surface area contributed by atoms with Crippen molar-refractivity contribution in [2.45, 2.75) is 89.8 Å². The van der Waals surface area contributed by atoms with Gasteiger partial charge in [0.25, 0.3) is 0 Å². The number of hydrogen-bond donors (Lipinski definition) is 1. The predicted molar refractivity (Wildman–Crippen MR) is 274 cm³/mol. The second-order valence-corrected chi connectivity index (χ2v) is 19.8. The molecule has 4 nitrogen and oxygen atoms in total. The predicted octanol–water partition coefficient (Wildman–Crippen LogP) is 16.3. The Labute approximate surface area is 413 Å². The molecule has 0 unspecified atom stereocenters. The van der Waals surface area contributed by atoms with Crippen molar-refractivity contribution in [3.63, 3.8) is 0 Å². The van der Waals surface area contributed by atoms with E-state index in [0.717, 1.165) is 78.0 Å². The van der Waals surface area contributed by atoms with Gasteiger partial charge in [0.2, 0.25) is 0 Å². The number of phenols is 1. The number of hydrogen-bond acceptors (Lipinski definition) is 3. The Morgan fingerprint density at radius 3 is 1.82 bits per heavy atom. The first-order valence-corrected chi connectivity index (χ1v) is 23.3. The minimum atomic E-state index is -0.714. The van der Waals surface area contributed by atoms with Gasteiger partial charge in [0.05, 0.1) is 22.3 Å². The van der Waals surface area contributed by atoms with Crippen molar-refractivity contribution >= 4 is 11.0 Å².